The Morgan fingerprint density at radius 1 is 0.857 bits per heavy atom. The van der Waals surface area contributed by atoms with Crippen LogP contribution in [-0.2, 0) is 6.61 Å². The number of nitrogens with one attached hydrogen (secondary N) is 2. The van der Waals surface area contributed by atoms with Crippen molar-refractivity contribution in [1.82, 2.24) is 5.32 Å². The summed E-state index contributed by atoms with van der Waals surface area (Å²) in [6.45, 7) is 2.48. The van der Waals surface area contributed by atoms with E-state index in [-0.39, 0.29) is 11.8 Å². The van der Waals surface area contributed by atoms with Crippen LogP contribution in [0.2, 0.25) is 0 Å². The van der Waals surface area contributed by atoms with Crippen LogP contribution in [0, 0.1) is 6.92 Å². The summed E-state index contributed by atoms with van der Waals surface area (Å²) < 4.78 is 5.82. The minimum atomic E-state index is -0.242. The lowest BCUT2D eigenvalue weighted by Gasteiger charge is -2.10. The Hall–Kier alpha value is -3.60. The number of hydrogen-bond donors (Lipinski definition) is 2. The van der Waals surface area contributed by atoms with Crippen molar-refractivity contribution in [1.29, 1.82) is 0 Å². The molecule has 0 aliphatic rings. The summed E-state index contributed by atoms with van der Waals surface area (Å²) in [5.41, 5.74) is 3.90. The van der Waals surface area contributed by atoms with E-state index in [2.05, 4.69) is 16.7 Å². The molecule has 28 heavy (non-hydrogen) atoms. The summed E-state index contributed by atoms with van der Waals surface area (Å²) in [5.74, 6) is 0.217. The quantitative estimate of drug-likeness (QED) is 0.680. The molecule has 2 amide bonds. The van der Waals surface area contributed by atoms with Gasteiger partial charge in [0, 0.05) is 23.9 Å². The molecule has 2 N–H and O–H groups in total. The predicted molar refractivity (Wildman–Crippen MR) is 110 cm³/mol. The van der Waals surface area contributed by atoms with Crippen LogP contribution in [0.25, 0.3) is 0 Å². The van der Waals surface area contributed by atoms with Gasteiger partial charge in [-0.1, -0.05) is 35.9 Å². The van der Waals surface area contributed by atoms with Gasteiger partial charge >= 0.3 is 0 Å². The molecule has 0 radical (unpaired) electrons. The first kappa shape index (κ1) is 19.2. The van der Waals surface area contributed by atoms with Crippen LogP contribution in [0.5, 0.6) is 5.75 Å². The molecule has 0 aromatic heterocycles. The number of ether oxygens (including phenoxy) is 1. The molecule has 0 heterocycles. The average Bonchev–Trinajstić information content (AvgIpc) is 2.72. The lowest BCUT2D eigenvalue weighted by atomic mass is 10.1. The van der Waals surface area contributed by atoms with E-state index in [1.165, 1.54) is 5.56 Å². The first-order valence-electron chi connectivity index (χ1n) is 8.97. The number of carbonyl (C=O) groups excluding carboxylic acids is 2. The van der Waals surface area contributed by atoms with Crippen LogP contribution >= 0.6 is 0 Å². The summed E-state index contributed by atoms with van der Waals surface area (Å²) in [5, 5.41) is 5.38. The molecule has 5 nitrogen and oxygen atoms in total. The second kappa shape index (κ2) is 8.86. The maximum absolute atomic E-state index is 12.5. The van der Waals surface area contributed by atoms with Crippen LogP contribution in [-0.4, -0.2) is 18.9 Å². The average molecular weight is 374 g/mol. The van der Waals surface area contributed by atoms with E-state index in [0.717, 1.165) is 5.56 Å². The molecule has 142 valence electrons. The van der Waals surface area contributed by atoms with E-state index in [1.807, 2.05) is 31.2 Å². The van der Waals surface area contributed by atoms with Crippen molar-refractivity contribution >= 4 is 17.5 Å². The van der Waals surface area contributed by atoms with Crippen molar-refractivity contribution in [2.24, 2.45) is 0 Å². The molecule has 0 fully saturated rings. The van der Waals surface area contributed by atoms with Gasteiger partial charge in [0.15, 0.2) is 0 Å². The molecule has 0 aliphatic carbocycles. The molecule has 0 saturated carbocycles. The Kier molecular flexibility index (Phi) is 6.07. The van der Waals surface area contributed by atoms with Gasteiger partial charge in [-0.15, -0.1) is 0 Å². The van der Waals surface area contributed by atoms with Gasteiger partial charge in [-0.25, -0.2) is 0 Å². The van der Waals surface area contributed by atoms with Gasteiger partial charge < -0.3 is 15.4 Å². The van der Waals surface area contributed by atoms with Gasteiger partial charge in [0.05, 0.1) is 0 Å². The SMILES string of the molecule is CNC(=O)c1ccc(NC(=O)c2cccc(OCc3cccc(C)c3)c2)cc1. The number of benzene rings is 3. The molecule has 3 rings (SSSR count). The second-order valence-corrected chi connectivity index (χ2v) is 6.42. The van der Waals surface area contributed by atoms with Gasteiger partial charge in [-0.3, -0.25) is 9.59 Å². The van der Waals surface area contributed by atoms with E-state index in [1.54, 1.807) is 49.5 Å². The maximum atomic E-state index is 12.5. The number of carbonyl (C=O) groups is 2. The van der Waals surface area contributed by atoms with Gasteiger partial charge in [0.25, 0.3) is 11.8 Å². The van der Waals surface area contributed by atoms with Crippen molar-refractivity contribution in [3.63, 3.8) is 0 Å². The molecular formula is C23H22N2O3. The normalized spacial score (nSPS) is 10.2. The van der Waals surface area contributed by atoms with Crippen molar-refractivity contribution in [3.05, 3.63) is 95.1 Å². The fourth-order valence-electron chi connectivity index (χ4n) is 2.75. The van der Waals surface area contributed by atoms with Crippen LogP contribution in [0.3, 0.4) is 0 Å². The van der Waals surface area contributed by atoms with Crippen LogP contribution < -0.4 is 15.4 Å². The monoisotopic (exact) mass is 374 g/mol. The third-order valence-corrected chi connectivity index (χ3v) is 4.22. The first-order chi connectivity index (χ1) is 13.5. The van der Waals surface area contributed by atoms with Crippen LogP contribution in [0.4, 0.5) is 5.69 Å². The van der Waals surface area contributed by atoms with Crippen molar-refractivity contribution in [2.45, 2.75) is 13.5 Å². The number of rotatable bonds is 6. The van der Waals surface area contributed by atoms with E-state index < -0.39 is 0 Å². The van der Waals surface area contributed by atoms with E-state index >= 15 is 0 Å². The lowest BCUT2D eigenvalue weighted by Crippen LogP contribution is -2.17. The van der Waals surface area contributed by atoms with Crippen molar-refractivity contribution < 1.29 is 14.3 Å². The zero-order chi connectivity index (χ0) is 19.9. The minimum absolute atomic E-state index is 0.170. The van der Waals surface area contributed by atoms with E-state index in [4.69, 9.17) is 4.74 Å². The van der Waals surface area contributed by atoms with Crippen molar-refractivity contribution in [2.75, 3.05) is 12.4 Å². The lowest BCUT2D eigenvalue weighted by molar-refractivity contribution is 0.0962. The molecule has 0 spiro atoms. The standard InChI is InChI=1S/C23H22N2O3/c1-16-5-3-6-17(13-16)15-28-21-8-4-7-19(14-21)23(27)25-20-11-9-18(10-12-20)22(26)24-2/h3-14H,15H2,1-2H3,(H,24,26)(H,25,27). The fourth-order valence-corrected chi connectivity index (χ4v) is 2.75. The third kappa shape index (κ3) is 4.98. The Labute approximate surface area is 164 Å². The molecule has 0 atom stereocenters. The Morgan fingerprint density at radius 3 is 2.32 bits per heavy atom. The first-order valence-corrected chi connectivity index (χ1v) is 8.97. The highest BCUT2D eigenvalue weighted by Gasteiger charge is 2.09. The van der Waals surface area contributed by atoms with Gasteiger partial charge in [-0.2, -0.15) is 0 Å². The van der Waals surface area contributed by atoms with Crippen LogP contribution in [0.15, 0.2) is 72.8 Å². The summed E-state index contributed by atoms with van der Waals surface area (Å²) in [7, 11) is 1.58. The number of aryl methyl sites for hydroxylation is 1. The molecule has 0 saturated heterocycles. The zero-order valence-electron chi connectivity index (χ0n) is 15.9. The Morgan fingerprint density at radius 2 is 1.61 bits per heavy atom. The summed E-state index contributed by atoms with van der Waals surface area (Å²) in [6.07, 6.45) is 0. The predicted octanol–water partition coefficient (Wildman–Crippen LogP) is 4.19. The molecule has 5 heteroatoms. The zero-order valence-corrected chi connectivity index (χ0v) is 15.9. The molecule has 3 aromatic rings. The van der Waals surface area contributed by atoms with Gasteiger partial charge in [0.2, 0.25) is 0 Å². The third-order valence-electron chi connectivity index (χ3n) is 4.22. The Balaban J connectivity index is 1.64. The number of anilines is 1. The maximum Gasteiger partial charge on any atom is 0.255 e. The summed E-state index contributed by atoms with van der Waals surface area (Å²) in [6, 6.07) is 21.9. The highest BCUT2D eigenvalue weighted by atomic mass is 16.5. The largest absolute Gasteiger partial charge is 0.489 e. The van der Waals surface area contributed by atoms with Crippen LogP contribution in [0.1, 0.15) is 31.8 Å². The van der Waals surface area contributed by atoms with E-state index in [0.29, 0.717) is 29.2 Å². The molecule has 0 unspecified atom stereocenters. The molecule has 3 aromatic carbocycles. The minimum Gasteiger partial charge on any atom is -0.489 e. The van der Waals surface area contributed by atoms with E-state index in [9.17, 15) is 9.59 Å². The summed E-state index contributed by atoms with van der Waals surface area (Å²) in [4.78, 5) is 24.1. The van der Waals surface area contributed by atoms with Gasteiger partial charge in [-0.05, 0) is 55.0 Å². The molecule has 0 aliphatic heterocycles. The molecular weight excluding hydrogens is 352 g/mol. The highest BCUT2D eigenvalue weighted by Crippen LogP contribution is 2.17. The molecule has 0 bridgehead atoms. The highest BCUT2D eigenvalue weighted by molar-refractivity contribution is 6.04. The Bertz CT molecular complexity index is 981. The van der Waals surface area contributed by atoms with Crippen molar-refractivity contribution in [3.8, 4) is 5.75 Å². The number of hydrogen-bond acceptors (Lipinski definition) is 3. The topological polar surface area (TPSA) is 67.4 Å². The second-order valence-electron chi connectivity index (χ2n) is 6.42. The van der Waals surface area contributed by atoms with Gasteiger partial charge in [0.1, 0.15) is 12.4 Å². The fraction of sp³-hybridized carbons (Fsp3) is 0.130. The number of amides is 2. The summed E-state index contributed by atoms with van der Waals surface area (Å²) >= 11 is 0. The smallest absolute Gasteiger partial charge is 0.255 e.